The first kappa shape index (κ1) is 24.6. The van der Waals surface area contributed by atoms with E-state index in [1.54, 1.807) is 6.92 Å². The topological polar surface area (TPSA) is 73.4 Å². The van der Waals surface area contributed by atoms with Crippen molar-refractivity contribution in [3.63, 3.8) is 0 Å². The molecule has 0 spiro atoms. The van der Waals surface area contributed by atoms with Crippen molar-refractivity contribution in [2.45, 2.75) is 19.5 Å². The van der Waals surface area contributed by atoms with E-state index in [0.717, 1.165) is 16.7 Å². The van der Waals surface area contributed by atoms with Crippen LogP contribution in [0.4, 0.5) is 29.5 Å². The van der Waals surface area contributed by atoms with Crippen LogP contribution >= 0.6 is 0 Å². The van der Waals surface area contributed by atoms with E-state index < -0.39 is 29.5 Å². The molecule has 0 aliphatic carbocycles. The van der Waals surface area contributed by atoms with E-state index in [1.807, 2.05) is 11.0 Å². The van der Waals surface area contributed by atoms with Crippen molar-refractivity contribution in [2.24, 2.45) is 4.99 Å². The van der Waals surface area contributed by atoms with Crippen molar-refractivity contribution in [1.82, 2.24) is 14.8 Å². The average molecular weight is 492 g/mol. The smallest absolute Gasteiger partial charge is 0.329 e. The van der Waals surface area contributed by atoms with Gasteiger partial charge in [-0.25, -0.2) is 23.0 Å². The maximum absolute atomic E-state index is 15.1. The number of aromatic amines is 1. The number of hydrogen-bond acceptors (Lipinski definition) is 5. The zero-order chi connectivity index (χ0) is 25.4. The van der Waals surface area contributed by atoms with Gasteiger partial charge in [0.05, 0.1) is 26.5 Å². The van der Waals surface area contributed by atoms with Gasteiger partial charge in [0.15, 0.2) is 23.1 Å². The van der Waals surface area contributed by atoms with Gasteiger partial charge in [0.25, 0.3) is 0 Å². The van der Waals surface area contributed by atoms with Crippen molar-refractivity contribution in [3.05, 3.63) is 40.6 Å². The number of urea groups is 1. The van der Waals surface area contributed by atoms with Gasteiger partial charge in [-0.15, -0.1) is 0 Å². The van der Waals surface area contributed by atoms with Gasteiger partial charge < -0.3 is 14.5 Å². The number of H-pyrrole nitrogens is 1. The number of carbonyl (C=O) groups is 1. The number of nitrogens with zero attached hydrogens (tertiary/aromatic N) is 4. The summed E-state index contributed by atoms with van der Waals surface area (Å²) in [6.07, 6.45) is -0.123. The summed E-state index contributed by atoms with van der Waals surface area (Å²) in [6, 6.07) is 2.34. The third kappa shape index (κ3) is 4.36. The number of alkyl halides is 1. The van der Waals surface area contributed by atoms with Crippen molar-refractivity contribution in [2.75, 3.05) is 52.3 Å². The molecule has 35 heavy (non-hydrogen) atoms. The van der Waals surface area contributed by atoms with Gasteiger partial charge in [-0.1, -0.05) is 0 Å². The van der Waals surface area contributed by atoms with Crippen molar-refractivity contribution in [3.8, 4) is 11.5 Å². The maximum atomic E-state index is 15.1. The van der Waals surface area contributed by atoms with Gasteiger partial charge >= 0.3 is 6.03 Å². The first-order chi connectivity index (χ1) is 16.7. The number of aliphatic imine (C=N–C) groups is 1. The predicted octanol–water partition coefficient (Wildman–Crippen LogP) is 4.14. The lowest BCUT2D eigenvalue weighted by Crippen LogP contribution is -2.48. The Morgan fingerprint density at radius 3 is 2.34 bits per heavy atom. The Morgan fingerprint density at radius 1 is 1.17 bits per heavy atom. The van der Waals surface area contributed by atoms with E-state index in [0.29, 0.717) is 48.7 Å². The van der Waals surface area contributed by atoms with Crippen LogP contribution in [0.2, 0.25) is 0 Å². The van der Waals surface area contributed by atoms with Crippen molar-refractivity contribution in [1.29, 1.82) is 0 Å². The molecule has 2 aliphatic rings. The fourth-order valence-corrected chi connectivity index (χ4v) is 4.54. The zero-order valence-electron chi connectivity index (χ0n) is 20.1. The van der Waals surface area contributed by atoms with Gasteiger partial charge in [0, 0.05) is 50.4 Å². The summed E-state index contributed by atoms with van der Waals surface area (Å²) >= 11 is 0. The highest BCUT2D eigenvalue weighted by atomic mass is 19.1. The van der Waals surface area contributed by atoms with Gasteiger partial charge in [-0.3, -0.25) is 14.7 Å². The molecule has 188 valence electrons. The molecule has 0 bridgehead atoms. The van der Waals surface area contributed by atoms with Crippen LogP contribution < -0.4 is 14.4 Å². The van der Waals surface area contributed by atoms with Gasteiger partial charge in [0.2, 0.25) is 0 Å². The van der Waals surface area contributed by atoms with Crippen LogP contribution in [0.25, 0.3) is 5.70 Å². The van der Waals surface area contributed by atoms with E-state index in [-0.39, 0.29) is 18.0 Å². The number of rotatable bonds is 8. The molecule has 0 atom stereocenters. The molecular formula is C24H28F3N5O3. The number of carbonyl (C=O) groups excluding carboxylic acids is 1. The van der Waals surface area contributed by atoms with Crippen LogP contribution in [-0.4, -0.2) is 81.2 Å². The molecule has 8 nitrogen and oxygen atoms in total. The Labute approximate surface area is 201 Å². The minimum Gasteiger partial charge on any atom is -0.493 e. The molecule has 2 aromatic rings. The second-order valence-corrected chi connectivity index (χ2v) is 8.64. The van der Waals surface area contributed by atoms with Crippen molar-refractivity contribution < 1.29 is 27.4 Å². The lowest BCUT2D eigenvalue weighted by molar-refractivity contribution is 0.0668. The largest absolute Gasteiger partial charge is 0.493 e. The highest BCUT2D eigenvalue weighted by Gasteiger charge is 2.36. The van der Waals surface area contributed by atoms with Crippen LogP contribution in [0.5, 0.6) is 11.5 Å². The Hall–Kier alpha value is -3.47. The summed E-state index contributed by atoms with van der Waals surface area (Å²) in [6.45, 7) is 6.88. The van der Waals surface area contributed by atoms with E-state index in [4.69, 9.17) is 9.47 Å². The summed E-state index contributed by atoms with van der Waals surface area (Å²) in [5, 5.41) is 0. The number of likely N-dealkylation sites (tertiary alicyclic amines) is 1. The number of aromatic nitrogens is 1. The summed E-state index contributed by atoms with van der Waals surface area (Å²) in [5.74, 6) is -1.99. The molecular weight excluding hydrogens is 463 g/mol. The number of benzene rings is 1. The third-order valence-electron chi connectivity index (χ3n) is 6.35. The lowest BCUT2D eigenvalue weighted by Gasteiger charge is -2.36. The molecule has 11 heteroatoms. The third-order valence-corrected chi connectivity index (χ3v) is 6.35. The quantitative estimate of drug-likeness (QED) is 0.564. The van der Waals surface area contributed by atoms with E-state index in [2.05, 4.69) is 16.7 Å². The molecule has 1 aromatic carbocycles. The molecule has 3 heterocycles. The Bertz CT molecular complexity index is 1160. The van der Waals surface area contributed by atoms with Gasteiger partial charge in [0.1, 0.15) is 17.7 Å². The Morgan fingerprint density at radius 2 is 1.80 bits per heavy atom. The number of methoxy groups -OCH3 is 2. The second-order valence-electron chi connectivity index (χ2n) is 8.64. The van der Waals surface area contributed by atoms with E-state index in [1.165, 1.54) is 26.2 Å². The highest BCUT2D eigenvalue weighted by molar-refractivity contribution is 6.02. The number of nitrogens with one attached hydrogen (secondary N) is 1. The standard InChI is InChI=1S/C24H28F3N5O3/c1-13-10-32(22-19(26)17(34-4)9-18(35-5)20(22)27)24(33)30(3)21(13)16-8-15(29-23(16)28-2)6-7-31-11-14(25)12-31/h8-9,14,29H,2,6-7,10-12H2,1,3-5H3. The molecule has 0 saturated carbocycles. The fourth-order valence-electron chi connectivity index (χ4n) is 4.54. The van der Waals surface area contributed by atoms with Crippen LogP contribution in [0.1, 0.15) is 18.2 Å². The number of anilines is 1. The molecule has 1 saturated heterocycles. The molecule has 0 radical (unpaired) electrons. The molecule has 2 amide bonds. The molecule has 2 aliphatic heterocycles. The first-order valence-electron chi connectivity index (χ1n) is 11.1. The zero-order valence-corrected chi connectivity index (χ0v) is 20.1. The van der Waals surface area contributed by atoms with E-state index in [9.17, 15) is 9.18 Å². The summed E-state index contributed by atoms with van der Waals surface area (Å²) in [5.41, 5.74) is 2.22. The average Bonchev–Trinajstić information content (AvgIpc) is 3.22. The molecule has 0 unspecified atom stereocenters. The molecule has 1 fully saturated rings. The fraction of sp³-hybridized carbons (Fsp3) is 0.417. The van der Waals surface area contributed by atoms with Gasteiger partial charge in [-0.2, -0.15) is 0 Å². The highest BCUT2D eigenvalue weighted by Crippen LogP contribution is 2.41. The predicted molar refractivity (Wildman–Crippen MR) is 128 cm³/mol. The van der Waals surface area contributed by atoms with Crippen molar-refractivity contribution >= 4 is 30.0 Å². The first-order valence-corrected chi connectivity index (χ1v) is 11.1. The number of ether oxygens (including phenoxy) is 2. The van der Waals surface area contributed by atoms with Gasteiger partial charge in [-0.05, 0) is 25.3 Å². The summed E-state index contributed by atoms with van der Waals surface area (Å²) in [7, 11) is 4.03. The molecule has 1 aromatic heterocycles. The molecule has 1 N–H and O–H groups in total. The lowest BCUT2D eigenvalue weighted by atomic mass is 10.0. The second kappa shape index (κ2) is 9.65. The van der Waals surface area contributed by atoms with Crippen LogP contribution in [0.3, 0.4) is 0 Å². The minimum atomic E-state index is -0.998. The minimum absolute atomic E-state index is 0.0641. The summed E-state index contributed by atoms with van der Waals surface area (Å²) in [4.78, 5) is 25.0. The normalized spacial score (nSPS) is 17.2. The Balaban J connectivity index is 1.68. The maximum Gasteiger partial charge on any atom is 0.329 e. The summed E-state index contributed by atoms with van der Waals surface area (Å²) < 4.78 is 53.3. The van der Waals surface area contributed by atoms with Crippen LogP contribution in [0.15, 0.2) is 22.7 Å². The van der Waals surface area contributed by atoms with Crippen LogP contribution in [0, 0.1) is 11.6 Å². The number of hydrogen-bond donors (Lipinski definition) is 1. The monoisotopic (exact) mass is 491 g/mol. The van der Waals surface area contributed by atoms with Crippen LogP contribution in [-0.2, 0) is 6.42 Å². The van der Waals surface area contributed by atoms with E-state index >= 15 is 8.78 Å². The number of halogens is 3. The molecule has 4 rings (SSSR count). The number of amides is 2. The SMILES string of the molecule is C=Nc1[nH]c(CCN2CC(F)C2)cc1C1=C(C)CN(c2c(F)c(OC)cc(OC)c2F)C(=O)N1C. The Kier molecular flexibility index (Phi) is 6.79.